The van der Waals surface area contributed by atoms with Crippen molar-refractivity contribution in [1.82, 2.24) is 4.90 Å². The summed E-state index contributed by atoms with van der Waals surface area (Å²) in [7, 11) is -3.81. The minimum absolute atomic E-state index is 0.0527. The summed E-state index contributed by atoms with van der Waals surface area (Å²) in [5.74, 6) is -0.131. The number of sulfonamides is 1. The van der Waals surface area contributed by atoms with Crippen molar-refractivity contribution in [3.63, 3.8) is 0 Å². The van der Waals surface area contributed by atoms with Gasteiger partial charge in [-0.2, -0.15) is 0 Å². The summed E-state index contributed by atoms with van der Waals surface area (Å²) in [4.78, 5) is 14.3. The second-order valence-electron chi connectivity index (χ2n) is 6.09. The van der Waals surface area contributed by atoms with Crippen LogP contribution in [-0.2, 0) is 10.0 Å². The first-order valence-corrected chi connectivity index (χ1v) is 9.91. The van der Waals surface area contributed by atoms with Gasteiger partial charge in [0, 0.05) is 23.7 Å². The number of halogens is 1. The number of nitrogens with zero attached hydrogens (tertiary/aromatic N) is 1. The minimum Gasteiger partial charge on any atom is -0.339 e. The quantitative estimate of drug-likeness (QED) is 0.882. The Bertz CT molecular complexity index is 906. The van der Waals surface area contributed by atoms with Gasteiger partial charge in [-0.1, -0.05) is 23.7 Å². The number of rotatable bonds is 4. The molecule has 1 aliphatic heterocycles. The molecule has 0 bridgehead atoms. The van der Waals surface area contributed by atoms with Gasteiger partial charge in [-0.05, 0) is 55.7 Å². The fourth-order valence-corrected chi connectivity index (χ4v) is 4.15. The number of aryl methyl sites for hydroxylation is 1. The van der Waals surface area contributed by atoms with Gasteiger partial charge in [0.2, 0.25) is 0 Å². The van der Waals surface area contributed by atoms with Crippen LogP contribution in [0, 0.1) is 6.92 Å². The smallest absolute Gasteiger partial charge is 0.261 e. The molecule has 1 saturated heterocycles. The largest absolute Gasteiger partial charge is 0.339 e. The number of hydrogen-bond acceptors (Lipinski definition) is 3. The summed E-state index contributed by atoms with van der Waals surface area (Å²) in [6.45, 7) is 3.23. The Morgan fingerprint density at radius 2 is 1.84 bits per heavy atom. The van der Waals surface area contributed by atoms with E-state index in [2.05, 4.69) is 4.72 Å². The molecule has 2 aromatic rings. The molecule has 0 saturated carbocycles. The molecule has 1 aliphatic rings. The molecule has 1 amide bonds. The summed E-state index contributed by atoms with van der Waals surface area (Å²) in [5.41, 5.74) is 1.56. The molecule has 0 spiro atoms. The van der Waals surface area contributed by atoms with Crippen molar-refractivity contribution in [1.29, 1.82) is 0 Å². The predicted octanol–water partition coefficient (Wildman–Crippen LogP) is 3.69. The van der Waals surface area contributed by atoms with Gasteiger partial charge in [0.15, 0.2) is 0 Å². The van der Waals surface area contributed by atoms with E-state index >= 15 is 0 Å². The zero-order chi connectivity index (χ0) is 18.0. The first-order chi connectivity index (χ1) is 11.9. The Hall–Kier alpha value is -2.05. The maximum Gasteiger partial charge on any atom is 0.261 e. The minimum atomic E-state index is -3.81. The zero-order valence-electron chi connectivity index (χ0n) is 13.8. The number of likely N-dealkylation sites (tertiary alicyclic amines) is 1. The molecule has 0 aromatic heterocycles. The Morgan fingerprint density at radius 3 is 2.56 bits per heavy atom. The van der Waals surface area contributed by atoms with Crippen molar-refractivity contribution < 1.29 is 13.2 Å². The lowest BCUT2D eigenvalue weighted by molar-refractivity contribution is 0.0792. The predicted molar refractivity (Wildman–Crippen MR) is 98.6 cm³/mol. The van der Waals surface area contributed by atoms with Crippen molar-refractivity contribution >= 4 is 33.2 Å². The highest BCUT2D eigenvalue weighted by atomic mass is 35.5. The number of amides is 1. The molecule has 1 heterocycles. The van der Waals surface area contributed by atoms with E-state index in [1.807, 2.05) is 0 Å². The Kier molecular flexibility index (Phi) is 5.01. The number of hydrogen-bond donors (Lipinski definition) is 1. The fraction of sp³-hybridized carbons (Fsp3) is 0.278. The van der Waals surface area contributed by atoms with E-state index in [1.165, 1.54) is 12.1 Å². The van der Waals surface area contributed by atoms with Crippen LogP contribution in [0.1, 0.15) is 28.8 Å². The third-order valence-electron chi connectivity index (χ3n) is 4.23. The van der Waals surface area contributed by atoms with E-state index in [1.54, 1.807) is 42.2 Å². The third kappa shape index (κ3) is 3.96. The van der Waals surface area contributed by atoms with E-state index in [0.717, 1.165) is 31.5 Å². The SMILES string of the molecule is Cc1ccc(Cl)cc1NS(=O)(=O)c1cccc(C(=O)N2CCCC2)c1. The molecule has 7 heteroatoms. The standard InChI is InChI=1S/C18H19ClN2O3S/c1-13-7-8-15(19)12-17(13)20-25(23,24)16-6-4-5-14(11-16)18(22)21-9-2-3-10-21/h4-8,11-12,20H,2-3,9-10H2,1H3. The molecule has 0 aliphatic carbocycles. The average molecular weight is 379 g/mol. The molecule has 0 unspecified atom stereocenters. The van der Waals surface area contributed by atoms with Gasteiger partial charge < -0.3 is 4.90 Å². The van der Waals surface area contributed by atoms with Crippen molar-refractivity contribution in [3.05, 3.63) is 58.6 Å². The highest BCUT2D eigenvalue weighted by molar-refractivity contribution is 7.92. The molecule has 2 aromatic carbocycles. The van der Waals surface area contributed by atoms with Crippen molar-refractivity contribution in [2.24, 2.45) is 0 Å². The van der Waals surface area contributed by atoms with Gasteiger partial charge >= 0.3 is 0 Å². The number of nitrogens with one attached hydrogen (secondary N) is 1. The number of benzene rings is 2. The van der Waals surface area contributed by atoms with Crippen molar-refractivity contribution in [2.45, 2.75) is 24.7 Å². The summed E-state index contributed by atoms with van der Waals surface area (Å²) in [5, 5.41) is 0.446. The summed E-state index contributed by atoms with van der Waals surface area (Å²) < 4.78 is 27.9. The molecule has 132 valence electrons. The topological polar surface area (TPSA) is 66.5 Å². The molecule has 0 radical (unpaired) electrons. The maximum absolute atomic E-state index is 12.7. The molecule has 5 nitrogen and oxygen atoms in total. The summed E-state index contributed by atoms with van der Waals surface area (Å²) in [6.07, 6.45) is 1.97. The highest BCUT2D eigenvalue weighted by Gasteiger charge is 2.22. The number of carbonyl (C=O) groups is 1. The van der Waals surface area contributed by atoms with Gasteiger partial charge in [0.25, 0.3) is 15.9 Å². The van der Waals surface area contributed by atoms with Crippen molar-refractivity contribution in [2.75, 3.05) is 17.8 Å². The van der Waals surface area contributed by atoms with E-state index in [9.17, 15) is 13.2 Å². The number of carbonyl (C=O) groups excluding carboxylic acids is 1. The normalized spacial score (nSPS) is 14.6. The molecule has 1 fully saturated rings. The van der Waals surface area contributed by atoms with Crippen LogP contribution in [-0.4, -0.2) is 32.3 Å². The second kappa shape index (κ2) is 7.06. The molecule has 25 heavy (non-hydrogen) atoms. The lowest BCUT2D eigenvalue weighted by Gasteiger charge is -2.16. The molecular formula is C18H19ClN2O3S. The van der Waals surface area contributed by atoms with Crippen LogP contribution in [0.5, 0.6) is 0 Å². The monoisotopic (exact) mass is 378 g/mol. The van der Waals surface area contributed by atoms with Crippen LogP contribution in [0.3, 0.4) is 0 Å². The zero-order valence-corrected chi connectivity index (χ0v) is 15.4. The lowest BCUT2D eigenvalue weighted by atomic mass is 10.2. The fourth-order valence-electron chi connectivity index (χ4n) is 2.81. The molecular weight excluding hydrogens is 360 g/mol. The van der Waals surface area contributed by atoms with E-state index in [0.29, 0.717) is 16.3 Å². The van der Waals surface area contributed by atoms with Gasteiger partial charge in [-0.3, -0.25) is 9.52 Å². The van der Waals surface area contributed by atoms with E-state index < -0.39 is 10.0 Å². The number of anilines is 1. The molecule has 3 rings (SSSR count). The Balaban J connectivity index is 1.88. The Morgan fingerprint density at radius 1 is 1.12 bits per heavy atom. The van der Waals surface area contributed by atoms with Crippen LogP contribution in [0.4, 0.5) is 5.69 Å². The van der Waals surface area contributed by atoms with Crippen LogP contribution in [0.2, 0.25) is 5.02 Å². The van der Waals surface area contributed by atoms with E-state index in [4.69, 9.17) is 11.6 Å². The van der Waals surface area contributed by atoms with Crippen LogP contribution < -0.4 is 4.72 Å². The van der Waals surface area contributed by atoms with Gasteiger partial charge in [0.05, 0.1) is 10.6 Å². The summed E-state index contributed by atoms with van der Waals surface area (Å²) in [6, 6.07) is 11.1. The highest BCUT2D eigenvalue weighted by Crippen LogP contribution is 2.24. The van der Waals surface area contributed by atoms with Crippen LogP contribution in [0.15, 0.2) is 47.4 Å². The lowest BCUT2D eigenvalue weighted by Crippen LogP contribution is -2.27. The van der Waals surface area contributed by atoms with Gasteiger partial charge in [0.1, 0.15) is 0 Å². The van der Waals surface area contributed by atoms with Crippen LogP contribution in [0.25, 0.3) is 0 Å². The second-order valence-corrected chi connectivity index (χ2v) is 8.21. The van der Waals surface area contributed by atoms with Gasteiger partial charge in [-0.25, -0.2) is 8.42 Å². The first-order valence-electron chi connectivity index (χ1n) is 8.05. The van der Waals surface area contributed by atoms with Crippen molar-refractivity contribution in [3.8, 4) is 0 Å². The molecule has 0 atom stereocenters. The van der Waals surface area contributed by atoms with Crippen LogP contribution >= 0.6 is 11.6 Å². The first kappa shape index (κ1) is 17.8. The molecule has 1 N–H and O–H groups in total. The Labute approximate surface area is 152 Å². The third-order valence-corrected chi connectivity index (χ3v) is 5.83. The average Bonchev–Trinajstić information content (AvgIpc) is 3.12. The summed E-state index contributed by atoms with van der Waals surface area (Å²) >= 11 is 5.95. The van der Waals surface area contributed by atoms with E-state index in [-0.39, 0.29) is 10.8 Å². The maximum atomic E-state index is 12.7. The van der Waals surface area contributed by atoms with Gasteiger partial charge in [-0.15, -0.1) is 0 Å².